The SMILES string of the molecule is Clc1cccc2nccc(N3CCNCC3)c12. The molecule has 1 saturated heterocycles. The summed E-state index contributed by atoms with van der Waals surface area (Å²) < 4.78 is 0. The Kier molecular flexibility index (Phi) is 2.87. The van der Waals surface area contributed by atoms with Crippen molar-refractivity contribution in [2.24, 2.45) is 0 Å². The molecule has 1 fully saturated rings. The number of hydrogen-bond donors (Lipinski definition) is 1. The van der Waals surface area contributed by atoms with E-state index in [4.69, 9.17) is 11.6 Å². The monoisotopic (exact) mass is 247 g/mol. The highest BCUT2D eigenvalue weighted by molar-refractivity contribution is 6.36. The summed E-state index contributed by atoms with van der Waals surface area (Å²) in [6.45, 7) is 4.08. The lowest BCUT2D eigenvalue weighted by Crippen LogP contribution is -2.43. The van der Waals surface area contributed by atoms with Crippen molar-refractivity contribution in [3.05, 3.63) is 35.5 Å². The fourth-order valence-electron chi connectivity index (χ4n) is 2.31. The quantitative estimate of drug-likeness (QED) is 0.838. The Morgan fingerprint density at radius 1 is 1.18 bits per heavy atom. The molecule has 4 heteroatoms. The number of piperazine rings is 1. The van der Waals surface area contributed by atoms with Crippen LogP contribution in [0.25, 0.3) is 10.9 Å². The molecular formula is C13H14ClN3. The van der Waals surface area contributed by atoms with Crippen LogP contribution >= 0.6 is 11.6 Å². The maximum absolute atomic E-state index is 6.30. The minimum atomic E-state index is 0.782. The summed E-state index contributed by atoms with van der Waals surface area (Å²) in [6.07, 6.45) is 1.86. The van der Waals surface area contributed by atoms with Gasteiger partial charge < -0.3 is 10.2 Å². The molecule has 2 aromatic rings. The molecule has 1 aliphatic heterocycles. The Hall–Kier alpha value is -1.32. The van der Waals surface area contributed by atoms with Crippen LogP contribution in [0.15, 0.2) is 30.5 Å². The molecule has 0 unspecified atom stereocenters. The minimum Gasteiger partial charge on any atom is -0.368 e. The Morgan fingerprint density at radius 3 is 2.82 bits per heavy atom. The lowest BCUT2D eigenvalue weighted by Gasteiger charge is -2.30. The Balaban J connectivity index is 2.14. The first kappa shape index (κ1) is 10.8. The minimum absolute atomic E-state index is 0.782. The molecule has 1 aromatic heterocycles. The molecule has 2 heterocycles. The first-order valence-electron chi connectivity index (χ1n) is 5.85. The number of halogens is 1. The number of rotatable bonds is 1. The third-order valence-electron chi connectivity index (χ3n) is 3.15. The highest BCUT2D eigenvalue weighted by Crippen LogP contribution is 2.31. The Morgan fingerprint density at radius 2 is 2.00 bits per heavy atom. The van der Waals surface area contributed by atoms with Crippen molar-refractivity contribution in [2.75, 3.05) is 31.1 Å². The van der Waals surface area contributed by atoms with Crippen molar-refractivity contribution in [1.82, 2.24) is 10.3 Å². The molecule has 0 radical (unpaired) electrons. The number of nitrogens with one attached hydrogen (secondary N) is 1. The second-order valence-electron chi connectivity index (χ2n) is 4.20. The smallest absolute Gasteiger partial charge is 0.0737 e. The number of fused-ring (bicyclic) bond motifs is 1. The van der Waals surface area contributed by atoms with Crippen LogP contribution in [0.5, 0.6) is 0 Å². The average Bonchev–Trinajstić information content (AvgIpc) is 2.39. The van der Waals surface area contributed by atoms with E-state index in [1.807, 2.05) is 24.4 Å². The summed E-state index contributed by atoms with van der Waals surface area (Å²) in [6, 6.07) is 7.93. The predicted molar refractivity (Wildman–Crippen MR) is 71.8 cm³/mol. The molecule has 0 amide bonds. The number of pyridine rings is 1. The topological polar surface area (TPSA) is 28.2 Å². The number of nitrogens with zero attached hydrogens (tertiary/aromatic N) is 2. The normalized spacial score (nSPS) is 16.4. The molecule has 0 bridgehead atoms. The summed E-state index contributed by atoms with van der Waals surface area (Å²) in [5.41, 5.74) is 2.16. The van der Waals surface area contributed by atoms with E-state index in [1.165, 1.54) is 5.69 Å². The van der Waals surface area contributed by atoms with Crippen molar-refractivity contribution >= 4 is 28.2 Å². The molecule has 88 valence electrons. The van der Waals surface area contributed by atoms with E-state index < -0.39 is 0 Å². The number of aromatic nitrogens is 1. The number of hydrogen-bond acceptors (Lipinski definition) is 3. The van der Waals surface area contributed by atoms with Crippen LogP contribution < -0.4 is 10.2 Å². The van der Waals surface area contributed by atoms with Gasteiger partial charge in [0.15, 0.2) is 0 Å². The van der Waals surface area contributed by atoms with Gasteiger partial charge in [-0.2, -0.15) is 0 Å². The summed E-state index contributed by atoms with van der Waals surface area (Å²) >= 11 is 6.30. The van der Waals surface area contributed by atoms with Crippen LogP contribution in [0.4, 0.5) is 5.69 Å². The molecular weight excluding hydrogens is 234 g/mol. The van der Waals surface area contributed by atoms with Gasteiger partial charge in [0, 0.05) is 43.4 Å². The first-order valence-corrected chi connectivity index (χ1v) is 6.23. The summed E-state index contributed by atoms with van der Waals surface area (Å²) in [7, 11) is 0. The standard InChI is InChI=1S/C13H14ClN3/c14-10-2-1-3-11-13(10)12(4-5-16-11)17-8-6-15-7-9-17/h1-5,15H,6-9H2. The van der Waals surface area contributed by atoms with Gasteiger partial charge in [0.05, 0.1) is 10.5 Å². The van der Waals surface area contributed by atoms with E-state index >= 15 is 0 Å². The molecule has 3 nitrogen and oxygen atoms in total. The van der Waals surface area contributed by atoms with Crippen molar-refractivity contribution in [3.8, 4) is 0 Å². The van der Waals surface area contributed by atoms with Crippen LogP contribution in [0.3, 0.4) is 0 Å². The van der Waals surface area contributed by atoms with E-state index in [9.17, 15) is 0 Å². The van der Waals surface area contributed by atoms with Gasteiger partial charge >= 0.3 is 0 Å². The molecule has 0 saturated carbocycles. The van der Waals surface area contributed by atoms with Crippen molar-refractivity contribution in [2.45, 2.75) is 0 Å². The zero-order valence-electron chi connectivity index (χ0n) is 9.49. The maximum atomic E-state index is 6.30. The number of benzene rings is 1. The van der Waals surface area contributed by atoms with Gasteiger partial charge in [-0.1, -0.05) is 17.7 Å². The maximum Gasteiger partial charge on any atom is 0.0737 e. The van der Waals surface area contributed by atoms with Gasteiger partial charge in [-0.3, -0.25) is 4.98 Å². The van der Waals surface area contributed by atoms with E-state index in [2.05, 4.69) is 21.3 Å². The average molecular weight is 248 g/mol. The van der Waals surface area contributed by atoms with Crippen molar-refractivity contribution in [3.63, 3.8) is 0 Å². The third-order valence-corrected chi connectivity index (χ3v) is 3.47. The van der Waals surface area contributed by atoms with Gasteiger partial charge in [-0.25, -0.2) is 0 Å². The van der Waals surface area contributed by atoms with Gasteiger partial charge in [-0.15, -0.1) is 0 Å². The predicted octanol–water partition coefficient (Wildman–Crippen LogP) is 2.30. The first-order chi connectivity index (χ1) is 8.36. The molecule has 0 atom stereocenters. The lowest BCUT2D eigenvalue weighted by molar-refractivity contribution is 0.590. The van der Waals surface area contributed by atoms with E-state index in [-0.39, 0.29) is 0 Å². The van der Waals surface area contributed by atoms with E-state index in [0.29, 0.717) is 0 Å². The van der Waals surface area contributed by atoms with E-state index in [1.54, 1.807) is 0 Å². The second kappa shape index (κ2) is 4.51. The molecule has 1 aliphatic rings. The van der Waals surface area contributed by atoms with Crippen molar-refractivity contribution in [1.29, 1.82) is 0 Å². The molecule has 0 spiro atoms. The summed E-state index contributed by atoms with van der Waals surface area (Å²) in [5, 5.41) is 5.21. The zero-order chi connectivity index (χ0) is 11.7. The fourth-order valence-corrected chi connectivity index (χ4v) is 2.58. The molecule has 1 aromatic carbocycles. The molecule has 3 rings (SSSR count). The Labute approximate surface area is 105 Å². The highest BCUT2D eigenvalue weighted by atomic mass is 35.5. The van der Waals surface area contributed by atoms with Gasteiger partial charge in [0.1, 0.15) is 0 Å². The van der Waals surface area contributed by atoms with Crippen LogP contribution in [0.1, 0.15) is 0 Å². The number of anilines is 1. The van der Waals surface area contributed by atoms with Crippen LogP contribution in [0.2, 0.25) is 5.02 Å². The molecule has 17 heavy (non-hydrogen) atoms. The Bertz CT molecular complexity index is 530. The summed E-state index contributed by atoms with van der Waals surface area (Å²) in [4.78, 5) is 6.74. The van der Waals surface area contributed by atoms with Gasteiger partial charge in [0.2, 0.25) is 0 Å². The van der Waals surface area contributed by atoms with Crippen LogP contribution in [-0.4, -0.2) is 31.2 Å². The second-order valence-corrected chi connectivity index (χ2v) is 4.61. The molecule has 0 aliphatic carbocycles. The lowest BCUT2D eigenvalue weighted by atomic mass is 10.1. The molecule has 1 N–H and O–H groups in total. The van der Waals surface area contributed by atoms with Gasteiger partial charge in [0.25, 0.3) is 0 Å². The fraction of sp³-hybridized carbons (Fsp3) is 0.308. The summed E-state index contributed by atoms with van der Waals surface area (Å²) in [5.74, 6) is 0. The van der Waals surface area contributed by atoms with Crippen LogP contribution in [0, 0.1) is 0 Å². The zero-order valence-corrected chi connectivity index (χ0v) is 10.2. The van der Waals surface area contributed by atoms with Gasteiger partial charge in [-0.05, 0) is 18.2 Å². The highest BCUT2D eigenvalue weighted by Gasteiger charge is 2.14. The van der Waals surface area contributed by atoms with E-state index in [0.717, 1.165) is 42.1 Å². The third kappa shape index (κ3) is 1.96. The largest absolute Gasteiger partial charge is 0.368 e. The van der Waals surface area contributed by atoms with Crippen molar-refractivity contribution < 1.29 is 0 Å². The van der Waals surface area contributed by atoms with Crippen LogP contribution in [-0.2, 0) is 0 Å².